The molecule has 0 bridgehead atoms. The Kier molecular flexibility index (Phi) is 1.32. The molecule has 0 radical (unpaired) electrons. The van der Waals surface area contributed by atoms with Gasteiger partial charge in [0.25, 0.3) is 0 Å². The monoisotopic (exact) mass is 214 g/mol. The first kappa shape index (κ1) is 8.20. The van der Waals surface area contributed by atoms with Gasteiger partial charge in [-0.05, 0) is 23.5 Å². The van der Waals surface area contributed by atoms with E-state index in [1.165, 1.54) is 11.3 Å². The van der Waals surface area contributed by atoms with Crippen molar-refractivity contribution in [2.45, 2.75) is 12.3 Å². The van der Waals surface area contributed by atoms with Crippen LogP contribution in [0.25, 0.3) is 11.5 Å². The van der Waals surface area contributed by atoms with Gasteiger partial charge in [0.2, 0.25) is 5.82 Å². The van der Waals surface area contributed by atoms with Gasteiger partial charge in [-0.15, -0.1) is 16.8 Å². The first-order valence-corrected chi connectivity index (χ1v) is 5.33. The summed E-state index contributed by atoms with van der Waals surface area (Å²) >= 11 is 0. The fourth-order valence-electron chi connectivity index (χ4n) is 2.94. The first-order chi connectivity index (χ1) is 7.90. The van der Waals surface area contributed by atoms with Crippen molar-refractivity contribution in [1.82, 2.24) is 30.8 Å². The fourth-order valence-corrected chi connectivity index (χ4v) is 2.94. The van der Waals surface area contributed by atoms with Gasteiger partial charge >= 0.3 is 0 Å². The molecule has 80 valence electrons. The van der Waals surface area contributed by atoms with Gasteiger partial charge in [-0.3, -0.25) is 5.10 Å². The van der Waals surface area contributed by atoms with Crippen molar-refractivity contribution in [3.05, 3.63) is 23.9 Å². The summed E-state index contributed by atoms with van der Waals surface area (Å²) in [6, 6.07) is 0. The highest BCUT2D eigenvalue weighted by Crippen LogP contribution is 2.62. The predicted octanol–water partition coefficient (Wildman–Crippen LogP) is 0.661. The number of hydrogen-bond acceptors (Lipinski definition) is 4. The standard InChI is InChI=1S/C10H10N6/c1-2-4-5-3-6-8(7(4)5)11-12-9(6)10-13-15-16-14-10/h2,4-5,7H,1,3H2,(H,11,12)(H,13,14,15,16)/t4-,5+,7-/m0/s1. The van der Waals surface area contributed by atoms with Crippen molar-refractivity contribution in [1.29, 1.82) is 0 Å². The number of fused-ring (bicyclic) bond motifs is 3. The third-order valence-corrected chi connectivity index (χ3v) is 3.73. The van der Waals surface area contributed by atoms with Crippen molar-refractivity contribution >= 4 is 0 Å². The second kappa shape index (κ2) is 2.58. The number of aromatic nitrogens is 6. The number of allylic oxidation sites excluding steroid dienone is 1. The van der Waals surface area contributed by atoms with Crippen molar-refractivity contribution in [2.24, 2.45) is 11.8 Å². The van der Waals surface area contributed by atoms with E-state index in [1.54, 1.807) is 0 Å². The van der Waals surface area contributed by atoms with Crippen LogP contribution in [-0.2, 0) is 6.42 Å². The molecule has 6 heteroatoms. The van der Waals surface area contributed by atoms with E-state index >= 15 is 0 Å². The summed E-state index contributed by atoms with van der Waals surface area (Å²) in [5.41, 5.74) is 3.35. The largest absolute Gasteiger partial charge is 0.281 e. The summed E-state index contributed by atoms with van der Waals surface area (Å²) < 4.78 is 0. The minimum absolute atomic E-state index is 0.578. The third-order valence-electron chi connectivity index (χ3n) is 3.73. The lowest BCUT2D eigenvalue weighted by molar-refractivity contribution is 0.798. The average molecular weight is 214 g/mol. The molecule has 0 saturated heterocycles. The van der Waals surface area contributed by atoms with E-state index in [0.717, 1.165) is 12.1 Å². The number of hydrogen-bond donors (Lipinski definition) is 2. The molecule has 16 heavy (non-hydrogen) atoms. The van der Waals surface area contributed by atoms with E-state index in [9.17, 15) is 0 Å². The zero-order chi connectivity index (χ0) is 10.7. The Labute approximate surface area is 91.1 Å². The second-order valence-electron chi connectivity index (χ2n) is 4.41. The highest BCUT2D eigenvalue weighted by molar-refractivity contribution is 5.60. The molecule has 2 aliphatic carbocycles. The average Bonchev–Trinajstić information content (AvgIpc) is 2.73. The zero-order valence-electron chi connectivity index (χ0n) is 8.51. The van der Waals surface area contributed by atoms with E-state index in [1.807, 2.05) is 6.08 Å². The normalized spacial score (nSPS) is 29.9. The van der Waals surface area contributed by atoms with Crippen LogP contribution < -0.4 is 0 Å². The SMILES string of the molecule is C=C[C@H]1[C@H]2Cc3c(-c4nn[nH]n4)n[nH]c3[C@@H]12. The molecule has 6 nitrogen and oxygen atoms in total. The van der Waals surface area contributed by atoms with Gasteiger partial charge in [-0.2, -0.15) is 10.3 Å². The summed E-state index contributed by atoms with van der Waals surface area (Å²) in [5, 5.41) is 21.3. The van der Waals surface area contributed by atoms with Crippen LogP contribution in [0, 0.1) is 11.8 Å². The molecule has 2 aliphatic rings. The molecular formula is C10H10N6. The van der Waals surface area contributed by atoms with Crippen LogP contribution in [0.5, 0.6) is 0 Å². The number of aromatic amines is 2. The summed E-state index contributed by atoms with van der Waals surface area (Å²) in [4.78, 5) is 0. The summed E-state index contributed by atoms with van der Waals surface area (Å²) in [6.45, 7) is 3.86. The Bertz CT molecular complexity index is 554. The Morgan fingerprint density at radius 3 is 3.06 bits per heavy atom. The van der Waals surface area contributed by atoms with Gasteiger partial charge in [0, 0.05) is 17.2 Å². The van der Waals surface area contributed by atoms with E-state index in [0.29, 0.717) is 23.6 Å². The third kappa shape index (κ3) is 0.827. The minimum atomic E-state index is 0.578. The highest BCUT2D eigenvalue weighted by atomic mass is 15.5. The molecule has 2 aromatic rings. The molecule has 1 saturated carbocycles. The number of tetrazole rings is 1. The Balaban J connectivity index is 1.80. The topological polar surface area (TPSA) is 83.1 Å². The molecule has 2 aromatic heterocycles. The van der Waals surface area contributed by atoms with Crippen LogP contribution in [0.1, 0.15) is 17.2 Å². The molecule has 0 spiro atoms. The summed E-state index contributed by atoms with van der Waals surface area (Å²) in [5.74, 6) is 2.52. The van der Waals surface area contributed by atoms with Gasteiger partial charge in [0.05, 0.1) is 0 Å². The van der Waals surface area contributed by atoms with E-state index in [2.05, 4.69) is 37.4 Å². The summed E-state index contributed by atoms with van der Waals surface area (Å²) in [6.07, 6.45) is 3.10. The maximum Gasteiger partial charge on any atom is 0.225 e. The van der Waals surface area contributed by atoms with Gasteiger partial charge in [-0.1, -0.05) is 6.08 Å². The molecule has 3 atom stereocenters. The summed E-state index contributed by atoms with van der Waals surface area (Å²) in [7, 11) is 0. The van der Waals surface area contributed by atoms with Gasteiger partial charge in [-0.25, -0.2) is 0 Å². The van der Waals surface area contributed by atoms with Crippen molar-refractivity contribution in [3.63, 3.8) is 0 Å². The van der Waals surface area contributed by atoms with E-state index in [-0.39, 0.29) is 0 Å². The molecule has 0 amide bonds. The number of nitrogens with zero attached hydrogens (tertiary/aromatic N) is 4. The smallest absolute Gasteiger partial charge is 0.225 e. The Hall–Kier alpha value is -1.98. The number of H-pyrrole nitrogens is 2. The Morgan fingerprint density at radius 2 is 2.31 bits per heavy atom. The predicted molar refractivity (Wildman–Crippen MR) is 55.4 cm³/mol. The zero-order valence-corrected chi connectivity index (χ0v) is 8.51. The lowest BCUT2D eigenvalue weighted by Gasteiger charge is -1.98. The van der Waals surface area contributed by atoms with Crippen LogP contribution in [0.4, 0.5) is 0 Å². The number of rotatable bonds is 2. The lowest BCUT2D eigenvalue weighted by atomic mass is 10.1. The van der Waals surface area contributed by atoms with Crippen LogP contribution in [0.2, 0.25) is 0 Å². The van der Waals surface area contributed by atoms with E-state index in [4.69, 9.17) is 0 Å². The molecule has 0 aromatic carbocycles. The quantitative estimate of drug-likeness (QED) is 0.719. The van der Waals surface area contributed by atoms with Gasteiger partial charge in [0.15, 0.2) is 0 Å². The molecule has 4 rings (SSSR count). The molecule has 2 heterocycles. The van der Waals surface area contributed by atoms with Gasteiger partial charge < -0.3 is 0 Å². The minimum Gasteiger partial charge on any atom is -0.281 e. The van der Waals surface area contributed by atoms with Crippen molar-refractivity contribution in [2.75, 3.05) is 0 Å². The highest BCUT2D eigenvalue weighted by Gasteiger charge is 2.56. The molecule has 0 aliphatic heterocycles. The van der Waals surface area contributed by atoms with Gasteiger partial charge in [0.1, 0.15) is 5.69 Å². The fraction of sp³-hybridized carbons (Fsp3) is 0.400. The molecule has 1 fully saturated rings. The van der Waals surface area contributed by atoms with Crippen LogP contribution in [0.3, 0.4) is 0 Å². The Morgan fingerprint density at radius 1 is 1.38 bits per heavy atom. The van der Waals surface area contributed by atoms with Crippen LogP contribution >= 0.6 is 0 Å². The van der Waals surface area contributed by atoms with E-state index < -0.39 is 0 Å². The van der Waals surface area contributed by atoms with Crippen molar-refractivity contribution < 1.29 is 0 Å². The maximum atomic E-state index is 4.28. The van der Waals surface area contributed by atoms with Crippen molar-refractivity contribution in [3.8, 4) is 11.5 Å². The molecule has 0 unspecified atom stereocenters. The van der Waals surface area contributed by atoms with Crippen LogP contribution in [0.15, 0.2) is 12.7 Å². The first-order valence-electron chi connectivity index (χ1n) is 5.33. The lowest BCUT2D eigenvalue weighted by Crippen LogP contribution is -1.92. The second-order valence-corrected chi connectivity index (χ2v) is 4.41. The maximum absolute atomic E-state index is 4.28. The molecular weight excluding hydrogens is 204 g/mol. The van der Waals surface area contributed by atoms with Crippen LogP contribution in [-0.4, -0.2) is 30.8 Å². The molecule has 2 N–H and O–H groups in total. The number of nitrogens with one attached hydrogen (secondary N) is 2.